The van der Waals surface area contributed by atoms with Gasteiger partial charge in [0, 0.05) is 13.8 Å². The minimum Gasteiger partial charge on any atom is -0.481 e. The summed E-state index contributed by atoms with van der Waals surface area (Å²) in [6.07, 6.45) is 5.87. The molecule has 0 bridgehead atoms. The fourth-order valence-electron chi connectivity index (χ4n) is 2.61. The second-order valence-corrected chi connectivity index (χ2v) is 6.52. The lowest BCUT2D eigenvalue weighted by molar-refractivity contribution is -0.156. The molecular weight excluding hydrogens is 256 g/mol. The lowest BCUT2D eigenvalue weighted by Crippen LogP contribution is -2.39. The number of hydrogen-bond donors (Lipinski definition) is 1. The molecule has 1 fully saturated rings. The second kappa shape index (κ2) is 7.46. The Morgan fingerprint density at radius 1 is 1.25 bits per heavy atom. The summed E-state index contributed by atoms with van der Waals surface area (Å²) in [5, 5.41) is 7.42. The first-order valence-electron chi connectivity index (χ1n) is 7.05. The topological polar surface area (TPSA) is 63.6 Å². The highest BCUT2D eigenvalue weighted by molar-refractivity contribution is 5.66. The van der Waals surface area contributed by atoms with Gasteiger partial charge in [0.1, 0.15) is 5.60 Å². The van der Waals surface area contributed by atoms with Crippen LogP contribution in [-0.4, -0.2) is 22.6 Å². The zero-order valence-corrected chi connectivity index (χ0v) is 13.4. The molecule has 1 aliphatic rings. The molecule has 0 radical (unpaired) electrons. The summed E-state index contributed by atoms with van der Waals surface area (Å²) in [6, 6.07) is 0. The summed E-state index contributed by atoms with van der Waals surface area (Å²) < 4.78 is 5.43. The van der Waals surface area contributed by atoms with Crippen molar-refractivity contribution >= 4 is 11.9 Å². The summed E-state index contributed by atoms with van der Waals surface area (Å²) in [7, 11) is 0. The van der Waals surface area contributed by atoms with Crippen LogP contribution < -0.4 is 0 Å². The predicted molar refractivity (Wildman–Crippen MR) is 79.4 cm³/mol. The molecule has 1 rings (SSSR count). The van der Waals surface area contributed by atoms with Crippen LogP contribution in [0.3, 0.4) is 0 Å². The first-order chi connectivity index (χ1) is 9.02. The van der Waals surface area contributed by atoms with Gasteiger partial charge >= 0.3 is 5.97 Å². The molecule has 4 nitrogen and oxygen atoms in total. The van der Waals surface area contributed by atoms with Crippen LogP contribution in [0.2, 0.25) is 0 Å². The normalized spacial score (nSPS) is 25.9. The van der Waals surface area contributed by atoms with E-state index >= 15 is 0 Å². The van der Waals surface area contributed by atoms with Crippen LogP contribution in [-0.2, 0) is 14.3 Å². The first-order valence-corrected chi connectivity index (χ1v) is 7.05. The molecule has 1 aliphatic carbocycles. The van der Waals surface area contributed by atoms with Gasteiger partial charge in [-0.2, -0.15) is 0 Å². The molecule has 1 saturated carbocycles. The predicted octanol–water partition coefficient (Wildman–Crippen LogP) is 3.80. The minimum absolute atomic E-state index is 0.200. The number of carboxylic acids is 1. The molecular formula is C16H28O4. The van der Waals surface area contributed by atoms with Gasteiger partial charge in [-0.1, -0.05) is 27.4 Å². The highest BCUT2D eigenvalue weighted by atomic mass is 16.6. The fraction of sp³-hybridized carbons (Fsp3) is 0.750. The van der Waals surface area contributed by atoms with Crippen molar-refractivity contribution in [3.8, 4) is 0 Å². The molecule has 4 heteroatoms. The van der Waals surface area contributed by atoms with Crippen LogP contribution in [0.15, 0.2) is 12.7 Å². The van der Waals surface area contributed by atoms with Crippen LogP contribution in [0, 0.1) is 11.3 Å². The maximum Gasteiger partial charge on any atom is 0.303 e. The Morgan fingerprint density at radius 2 is 1.65 bits per heavy atom. The summed E-state index contributed by atoms with van der Waals surface area (Å²) in [5.74, 6) is -0.315. The van der Waals surface area contributed by atoms with Crippen molar-refractivity contribution in [2.24, 2.45) is 11.3 Å². The van der Waals surface area contributed by atoms with Crippen molar-refractivity contribution < 1.29 is 19.4 Å². The van der Waals surface area contributed by atoms with E-state index in [1.807, 2.05) is 6.08 Å². The van der Waals surface area contributed by atoms with Crippen LogP contribution in [0.5, 0.6) is 0 Å². The SMILES string of the molecule is C=CC1(OC(C)=O)CCC(C(C)(C)C)CC1.CC(=O)O. The molecule has 0 heterocycles. The van der Waals surface area contributed by atoms with Crippen molar-refractivity contribution in [2.45, 2.75) is 65.9 Å². The van der Waals surface area contributed by atoms with E-state index in [9.17, 15) is 4.79 Å². The zero-order chi connectivity index (χ0) is 16.0. The molecule has 0 aromatic rings. The standard InChI is InChI=1S/C14H24O2.C2H4O2/c1-6-14(16-11(2)15)9-7-12(8-10-14)13(3,4)5;1-2(3)4/h6,12H,1,7-10H2,2-5H3;1H3,(H,3,4). The van der Waals surface area contributed by atoms with Gasteiger partial charge in [-0.15, -0.1) is 0 Å². The average Bonchev–Trinajstić information content (AvgIpc) is 2.26. The van der Waals surface area contributed by atoms with Gasteiger partial charge in [-0.25, -0.2) is 0 Å². The molecule has 0 spiro atoms. The number of ether oxygens (including phenoxy) is 1. The molecule has 0 saturated heterocycles. The Bertz CT molecular complexity index is 340. The van der Waals surface area contributed by atoms with Crippen molar-refractivity contribution in [3.05, 3.63) is 12.7 Å². The summed E-state index contributed by atoms with van der Waals surface area (Å²) in [4.78, 5) is 20.1. The van der Waals surface area contributed by atoms with E-state index in [1.54, 1.807) is 0 Å². The Kier molecular flexibility index (Phi) is 6.97. The molecule has 20 heavy (non-hydrogen) atoms. The first kappa shape index (κ1) is 18.7. The van der Waals surface area contributed by atoms with E-state index in [4.69, 9.17) is 14.6 Å². The zero-order valence-electron chi connectivity index (χ0n) is 13.4. The van der Waals surface area contributed by atoms with Gasteiger partial charge in [0.2, 0.25) is 0 Å². The number of carboxylic acid groups (broad SMARTS) is 1. The average molecular weight is 284 g/mol. The monoisotopic (exact) mass is 284 g/mol. The van der Waals surface area contributed by atoms with Crippen LogP contribution in [0.25, 0.3) is 0 Å². The van der Waals surface area contributed by atoms with Crippen molar-refractivity contribution in [3.63, 3.8) is 0 Å². The summed E-state index contributed by atoms with van der Waals surface area (Å²) >= 11 is 0. The van der Waals surface area contributed by atoms with E-state index in [-0.39, 0.29) is 5.97 Å². The van der Waals surface area contributed by atoms with Crippen LogP contribution in [0.1, 0.15) is 60.3 Å². The van der Waals surface area contributed by atoms with Crippen LogP contribution in [0.4, 0.5) is 0 Å². The lowest BCUT2D eigenvalue weighted by Gasteiger charge is -2.41. The number of carbonyl (C=O) groups excluding carboxylic acids is 1. The molecule has 1 N–H and O–H groups in total. The molecule has 0 unspecified atom stereocenters. The molecule has 0 atom stereocenters. The molecule has 116 valence electrons. The third-order valence-electron chi connectivity index (χ3n) is 3.78. The maximum atomic E-state index is 11.1. The fourth-order valence-corrected chi connectivity index (χ4v) is 2.61. The van der Waals surface area contributed by atoms with E-state index in [2.05, 4.69) is 27.4 Å². The quantitative estimate of drug-likeness (QED) is 0.619. The maximum absolute atomic E-state index is 11.1. The molecule has 0 aliphatic heterocycles. The Morgan fingerprint density at radius 3 is 1.90 bits per heavy atom. The van der Waals surface area contributed by atoms with Gasteiger partial charge < -0.3 is 9.84 Å². The minimum atomic E-state index is -0.833. The number of aliphatic carboxylic acids is 1. The molecule has 0 aromatic heterocycles. The van der Waals surface area contributed by atoms with Crippen molar-refractivity contribution in [1.29, 1.82) is 0 Å². The Labute approximate surface area is 122 Å². The largest absolute Gasteiger partial charge is 0.481 e. The van der Waals surface area contributed by atoms with Gasteiger partial charge in [-0.3, -0.25) is 9.59 Å². The molecule has 0 amide bonds. The van der Waals surface area contributed by atoms with E-state index in [1.165, 1.54) is 6.92 Å². The highest BCUT2D eigenvalue weighted by Crippen LogP contribution is 2.43. The number of rotatable bonds is 2. The number of carbonyl (C=O) groups is 2. The van der Waals surface area contributed by atoms with E-state index in [0.717, 1.165) is 38.5 Å². The van der Waals surface area contributed by atoms with Gasteiger partial charge in [0.05, 0.1) is 0 Å². The summed E-state index contributed by atoms with van der Waals surface area (Å²) in [5.41, 5.74) is -0.0445. The van der Waals surface area contributed by atoms with Gasteiger partial charge in [0.25, 0.3) is 5.97 Å². The van der Waals surface area contributed by atoms with Crippen molar-refractivity contribution in [2.75, 3.05) is 0 Å². The highest BCUT2D eigenvalue weighted by Gasteiger charge is 2.38. The Balaban J connectivity index is 0.000000796. The van der Waals surface area contributed by atoms with Gasteiger partial charge in [0.15, 0.2) is 0 Å². The van der Waals surface area contributed by atoms with E-state index < -0.39 is 11.6 Å². The third kappa shape index (κ3) is 6.73. The smallest absolute Gasteiger partial charge is 0.303 e. The second-order valence-electron chi connectivity index (χ2n) is 6.52. The third-order valence-corrected chi connectivity index (χ3v) is 3.78. The Hall–Kier alpha value is -1.32. The summed E-state index contributed by atoms with van der Waals surface area (Å²) in [6.45, 7) is 13.2. The van der Waals surface area contributed by atoms with Gasteiger partial charge in [-0.05, 0) is 43.1 Å². The lowest BCUT2D eigenvalue weighted by atomic mass is 9.68. The van der Waals surface area contributed by atoms with Crippen molar-refractivity contribution in [1.82, 2.24) is 0 Å². The number of hydrogen-bond acceptors (Lipinski definition) is 3. The van der Waals surface area contributed by atoms with E-state index in [0.29, 0.717) is 5.41 Å². The number of esters is 1. The molecule has 0 aromatic carbocycles. The van der Waals surface area contributed by atoms with Crippen LogP contribution >= 0.6 is 0 Å².